The molecule has 5 aromatic rings. The van der Waals surface area contributed by atoms with Crippen molar-refractivity contribution in [2.75, 3.05) is 32.1 Å². The number of fused-ring (bicyclic) bond motifs is 6. The molecular weight excluding hydrogens is 490 g/mol. The number of imidazole rings is 1. The van der Waals surface area contributed by atoms with E-state index in [0.29, 0.717) is 69.7 Å². The van der Waals surface area contributed by atoms with Crippen LogP contribution in [0, 0.1) is 6.92 Å². The van der Waals surface area contributed by atoms with E-state index in [9.17, 15) is 9.59 Å². The maximum absolute atomic E-state index is 13.4. The summed E-state index contributed by atoms with van der Waals surface area (Å²) in [5.74, 6) is 0.960. The van der Waals surface area contributed by atoms with E-state index in [4.69, 9.17) is 16.6 Å². The number of carbonyl (C=O) groups is 1. The summed E-state index contributed by atoms with van der Waals surface area (Å²) in [5.41, 5.74) is 4.99. The van der Waals surface area contributed by atoms with Crippen LogP contribution in [0.5, 0.6) is 0 Å². The van der Waals surface area contributed by atoms with Crippen LogP contribution in [0.3, 0.4) is 0 Å². The van der Waals surface area contributed by atoms with Crippen molar-refractivity contribution in [1.82, 2.24) is 29.8 Å². The van der Waals surface area contributed by atoms with Gasteiger partial charge in [0.2, 0.25) is 0 Å². The molecule has 0 radical (unpaired) electrons. The number of nitrogens with zero attached hydrogens (tertiary/aromatic N) is 5. The standard InChI is InChI=1S/C27H24ClN7O2/c1-14-15-6-4-7-16(14)27(37)35(3)11-5-10-34(2)25-23-20(13-21(28)32-25)30-24(33-23)18-12-17-19(31-26(18)36)8-9-29-22(15)17/h4,6-9,12-13H,5,10-11H2,1-3H3,(H,30,33)(H,31,36). The zero-order chi connectivity index (χ0) is 25.8. The molecule has 0 spiro atoms. The summed E-state index contributed by atoms with van der Waals surface area (Å²) < 4.78 is 0. The molecule has 1 aliphatic heterocycles. The number of amides is 1. The van der Waals surface area contributed by atoms with Gasteiger partial charge >= 0.3 is 0 Å². The van der Waals surface area contributed by atoms with Crippen molar-refractivity contribution in [2.24, 2.45) is 0 Å². The van der Waals surface area contributed by atoms with Crippen molar-refractivity contribution >= 4 is 45.3 Å². The second kappa shape index (κ2) is 8.70. The van der Waals surface area contributed by atoms with Gasteiger partial charge in [-0.25, -0.2) is 9.97 Å². The number of aromatic amines is 2. The molecule has 1 amide bonds. The second-order valence-electron chi connectivity index (χ2n) is 9.36. The minimum atomic E-state index is -0.280. The van der Waals surface area contributed by atoms with E-state index in [-0.39, 0.29) is 11.5 Å². The third-order valence-electron chi connectivity index (χ3n) is 6.96. The zero-order valence-corrected chi connectivity index (χ0v) is 21.3. The highest BCUT2D eigenvalue weighted by atomic mass is 35.5. The molecule has 6 rings (SSSR count). The minimum absolute atomic E-state index is 0.0551. The third-order valence-corrected chi connectivity index (χ3v) is 7.15. The van der Waals surface area contributed by atoms with Gasteiger partial charge in [0.05, 0.1) is 22.3 Å². The van der Waals surface area contributed by atoms with Crippen molar-refractivity contribution in [3.05, 3.63) is 69.2 Å². The molecule has 1 aliphatic rings. The molecule has 0 aliphatic carbocycles. The topological polar surface area (TPSA) is 111 Å². The molecule has 2 N–H and O–H groups in total. The molecule has 0 saturated carbocycles. The molecule has 186 valence electrons. The number of hydrogen-bond acceptors (Lipinski definition) is 6. The minimum Gasteiger partial charge on any atom is -0.358 e. The van der Waals surface area contributed by atoms with Gasteiger partial charge in [-0.1, -0.05) is 23.7 Å². The molecule has 37 heavy (non-hydrogen) atoms. The Bertz CT molecular complexity index is 1770. The molecule has 5 heterocycles. The molecule has 0 unspecified atom stereocenters. The first kappa shape index (κ1) is 23.2. The van der Waals surface area contributed by atoms with Crippen LogP contribution in [0.1, 0.15) is 22.3 Å². The van der Waals surface area contributed by atoms with Crippen LogP contribution in [-0.2, 0) is 0 Å². The smallest absolute Gasteiger partial charge is 0.259 e. The molecule has 10 heteroatoms. The molecule has 0 saturated heterocycles. The summed E-state index contributed by atoms with van der Waals surface area (Å²) in [6, 6.07) is 10.9. The monoisotopic (exact) mass is 513 g/mol. The molecule has 9 nitrogen and oxygen atoms in total. The predicted molar refractivity (Wildman–Crippen MR) is 145 cm³/mol. The Labute approximate surface area is 217 Å². The third kappa shape index (κ3) is 3.82. The van der Waals surface area contributed by atoms with E-state index in [0.717, 1.165) is 16.5 Å². The van der Waals surface area contributed by atoms with E-state index >= 15 is 0 Å². The van der Waals surface area contributed by atoms with Gasteiger partial charge in [0.1, 0.15) is 16.5 Å². The first-order valence-corrected chi connectivity index (χ1v) is 12.3. The fourth-order valence-corrected chi connectivity index (χ4v) is 5.15. The van der Waals surface area contributed by atoms with Crippen LogP contribution in [0.2, 0.25) is 5.15 Å². The number of rotatable bonds is 0. The molecule has 4 aromatic heterocycles. The SMILES string of the molecule is Cc1c2cccc1-c1nccc3[nH]c(=O)c(cc13)-c1nc3c(nc(Cl)cc3[nH]1)N(C)CCCN(C)C2=O. The maximum Gasteiger partial charge on any atom is 0.259 e. The first-order valence-electron chi connectivity index (χ1n) is 12.0. The highest BCUT2D eigenvalue weighted by Gasteiger charge is 2.21. The Hall–Kier alpha value is -4.24. The zero-order valence-electron chi connectivity index (χ0n) is 20.6. The van der Waals surface area contributed by atoms with Crippen molar-refractivity contribution in [3.8, 4) is 22.6 Å². The Morgan fingerprint density at radius 1 is 0.919 bits per heavy atom. The molecular formula is C27H24ClN7O2. The van der Waals surface area contributed by atoms with Crippen molar-refractivity contribution in [3.63, 3.8) is 0 Å². The van der Waals surface area contributed by atoms with Crippen molar-refractivity contribution in [1.29, 1.82) is 0 Å². The second-order valence-corrected chi connectivity index (χ2v) is 9.75. The lowest BCUT2D eigenvalue weighted by Crippen LogP contribution is -2.31. The van der Waals surface area contributed by atoms with Gasteiger partial charge in [0.25, 0.3) is 11.5 Å². The quantitative estimate of drug-likeness (QED) is 0.297. The van der Waals surface area contributed by atoms with Gasteiger partial charge in [-0.05, 0) is 37.1 Å². The Morgan fingerprint density at radius 2 is 1.70 bits per heavy atom. The van der Waals surface area contributed by atoms with Crippen LogP contribution in [0.4, 0.5) is 5.82 Å². The van der Waals surface area contributed by atoms with Crippen LogP contribution in [0.15, 0.2) is 47.4 Å². The summed E-state index contributed by atoms with van der Waals surface area (Å²) in [4.78, 5) is 50.4. The number of anilines is 1. The van der Waals surface area contributed by atoms with Gasteiger partial charge in [0.15, 0.2) is 5.82 Å². The Kier molecular flexibility index (Phi) is 5.45. The summed E-state index contributed by atoms with van der Waals surface area (Å²) in [6.07, 6.45) is 2.37. The lowest BCUT2D eigenvalue weighted by Gasteiger charge is -2.22. The number of aromatic nitrogens is 5. The fraction of sp³-hybridized carbons (Fsp3) is 0.222. The van der Waals surface area contributed by atoms with E-state index in [2.05, 4.69) is 19.9 Å². The number of pyridine rings is 3. The highest BCUT2D eigenvalue weighted by Crippen LogP contribution is 2.33. The van der Waals surface area contributed by atoms with Crippen molar-refractivity contribution in [2.45, 2.75) is 13.3 Å². The lowest BCUT2D eigenvalue weighted by molar-refractivity contribution is 0.0793. The van der Waals surface area contributed by atoms with Gasteiger partial charge in [-0.2, -0.15) is 0 Å². The van der Waals surface area contributed by atoms with Crippen LogP contribution in [0.25, 0.3) is 44.6 Å². The summed E-state index contributed by atoms with van der Waals surface area (Å²) in [6.45, 7) is 3.12. The molecule has 6 bridgehead atoms. The summed E-state index contributed by atoms with van der Waals surface area (Å²) in [5, 5.41) is 1.07. The number of halogens is 1. The summed E-state index contributed by atoms with van der Waals surface area (Å²) in [7, 11) is 3.72. The largest absolute Gasteiger partial charge is 0.358 e. The number of nitrogens with one attached hydrogen (secondary N) is 2. The maximum atomic E-state index is 13.4. The van der Waals surface area contributed by atoms with Crippen LogP contribution >= 0.6 is 11.6 Å². The molecule has 1 aromatic carbocycles. The summed E-state index contributed by atoms with van der Waals surface area (Å²) >= 11 is 6.34. The Morgan fingerprint density at radius 3 is 2.54 bits per heavy atom. The average molecular weight is 514 g/mol. The first-order chi connectivity index (χ1) is 17.8. The molecule has 0 atom stereocenters. The highest BCUT2D eigenvalue weighted by molar-refractivity contribution is 6.30. The van der Waals surface area contributed by atoms with E-state index in [1.54, 1.807) is 29.3 Å². The number of H-pyrrole nitrogens is 2. The van der Waals surface area contributed by atoms with E-state index in [1.807, 2.05) is 44.1 Å². The van der Waals surface area contributed by atoms with E-state index < -0.39 is 0 Å². The van der Waals surface area contributed by atoms with Crippen molar-refractivity contribution < 1.29 is 4.79 Å². The van der Waals surface area contributed by atoms with Gasteiger partial charge in [-0.15, -0.1) is 0 Å². The van der Waals surface area contributed by atoms with Crippen LogP contribution in [-0.4, -0.2) is 62.9 Å². The van der Waals surface area contributed by atoms with Crippen LogP contribution < -0.4 is 10.5 Å². The van der Waals surface area contributed by atoms with Gasteiger partial charge in [0, 0.05) is 56.0 Å². The average Bonchev–Trinajstić information content (AvgIpc) is 3.30. The molecule has 0 fully saturated rings. The van der Waals surface area contributed by atoms with Gasteiger partial charge < -0.3 is 19.8 Å². The number of benzene rings is 1. The lowest BCUT2D eigenvalue weighted by atomic mass is 9.96. The van der Waals surface area contributed by atoms with E-state index in [1.165, 1.54) is 0 Å². The predicted octanol–water partition coefficient (Wildman–Crippen LogP) is 4.40. The van der Waals surface area contributed by atoms with Gasteiger partial charge in [-0.3, -0.25) is 14.6 Å². The fourth-order valence-electron chi connectivity index (χ4n) is 4.96. The normalized spacial score (nSPS) is 14.2. The number of hydrogen-bond donors (Lipinski definition) is 2. The number of carbonyl (C=O) groups excluding carboxylic acids is 1. The Balaban J connectivity index is 1.67.